The van der Waals surface area contributed by atoms with Gasteiger partial charge in [-0.15, -0.1) is 6.58 Å². The van der Waals surface area contributed by atoms with Crippen LogP contribution < -0.4 is 5.32 Å². The first-order chi connectivity index (χ1) is 8.90. The van der Waals surface area contributed by atoms with Gasteiger partial charge in [0.25, 0.3) is 0 Å². The topological polar surface area (TPSA) is 12.0 Å². The van der Waals surface area contributed by atoms with Gasteiger partial charge in [0.15, 0.2) is 0 Å². The number of benzene rings is 1. The van der Waals surface area contributed by atoms with Crippen LogP contribution in [0.25, 0.3) is 0 Å². The van der Waals surface area contributed by atoms with E-state index in [2.05, 4.69) is 11.9 Å². The Morgan fingerprint density at radius 3 is 2.58 bits per heavy atom. The highest BCUT2D eigenvalue weighted by Gasteiger charge is 2.34. The third-order valence-corrected chi connectivity index (χ3v) is 2.81. The molecule has 1 aromatic rings. The van der Waals surface area contributed by atoms with Gasteiger partial charge in [0.05, 0.1) is 5.56 Å². The van der Waals surface area contributed by atoms with E-state index in [-0.39, 0.29) is 6.04 Å². The summed E-state index contributed by atoms with van der Waals surface area (Å²) >= 11 is 0. The molecule has 0 radical (unpaired) electrons. The molecule has 1 aromatic carbocycles. The number of rotatable bonds is 6. The highest BCUT2D eigenvalue weighted by molar-refractivity contribution is 5.29. The molecule has 5 heteroatoms. The van der Waals surface area contributed by atoms with Crippen LogP contribution in [0.5, 0.6) is 0 Å². The predicted molar refractivity (Wildman–Crippen MR) is 67.3 cm³/mol. The Balaban J connectivity index is 3.06. The maximum Gasteiger partial charge on any atom is 0.419 e. The Hall–Kier alpha value is -1.36. The van der Waals surface area contributed by atoms with Crippen LogP contribution in [-0.2, 0) is 6.18 Å². The quantitative estimate of drug-likeness (QED) is 0.597. The molecule has 1 rings (SSSR count). The molecule has 106 valence electrons. The second kappa shape index (κ2) is 6.70. The lowest BCUT2D eigenvalue weighted by molar-refractivity contribution is -0.140. The van der Waals surface area contributed by atoms with Crippen molar-refractivity contribution in [2.45, 2.75) is 32.0 Å². The third-order valence-electron chi connectivity index (χ3n) is 2.81. The maximum atomic E-state index is 13.2. The van der Waals surface area contributed by atoms with Gasteiger partial charge in [0, 0.05) is 6.04 Å². The van der Waals surface area contributed by atoms with E-state index in [1.54, 1.807) is 6.08 Å². The molecular weight excluding hydrogens is 258 g/mol. The van der Waals surface area contributed by atoms with E-state index in [1.807, 2.05) is 6.92 Å². The number of alkyl halides is 3. The van der Waals surface area contributed by atoms with E-state index >= 15 is 0 Å². The van der Waals surface area contributed by atoms with Crippen LogP contribution in [0.3, 0.4) is 0 Å². The summed E-state index contributed by atoms with van der Waals surface area (Å²) in [4.78, 5) is 0. The fourth-order valence-electron chi connectivity index (χ4n) is 1.89. The lowest BCUT2D eigenvalue weighted by atomic mass is 9.99. The van der Waals surface area contributed by atoms with Crippen LogP contribution in [0.2, 0.25) is 0 Å². The molecule has 0 bridgehead atoms. The van der Waals surface area contributed by atoms with Crippen molar-refractivity contribution < 1.29 is 17.6 Å². The lowest BCUT2D eigenvalue weighted by Gasteiger charge is -2.19. The molecule has 0 aliphatic carbocycles. The summed E-state index contributed by atoms with van der Waals surface area (Å²) in [5.74, 6) is -1.24. The van der Waals surface area contributed by atoms with Gasteiger partial charge in [-0.1, -0.05) is 19.1 Å². The zero-order valence-electron chi connectivity index (χ0n) is 10.7. The Kier molecular flexibility index (Phi) is 5.54. The number of hydrogen-bond acceptors (Lipinski definition) is 1. The Labute approximate surface area is 110 Å². The van der Waals surface area contributed by atoms with Crippen molar-refractivity contribution in [2.24, 2.45) is 0 Å². The molecule has 0 heterocycles. The zero-order chi connectivity index (χ0) is 14.5. The molecule has 0 spiro atoms. The van der Waals surface area contributed by atoms with Gasteiger partial charge < -0.3 is 5.32 Å². The van der Waals surface area contributed by atoms with E-state index in [9.17, 15) is 17.6 Å². The lowest BCUT2D eigenvalue weighted by Crippen LogP contribution is -2.21. The fourth-order valence-corrected chi connectivity index (χ4v) is 1.89. The van der Waals surface area contributed by atoms with E-state index in [0.717, 1.165) is 12.1 Å². The normalized spacial score (nSPS) is 13.3. The van der Waals surface area contributed by atoms with Crippen molar-refractivity contribution in [2.75, 3.05) is 6.54 Å². The summed E-state index contributed by atoms with van der Waals surface area (Å²) < 4.78 is 51.2. The second-order valence-corrected chi connectivity index (χ2v) is 4.21. The van der Waals surface area contributed by atoms with Crippen LogP contribution >= 0.6 is 0 Å². The van der Waals surface area contributed by atoms with Crippen LogP contribution in [0.1, 0.15) is 36.9 Å². The van der Waals surface area contributed by atoms with Gasteiger partial charge in [0.2, 0.25) is 0 Å². The molecule has 1 atom stereocenters. The van der Waals surface area contributed by atoms with Crippen LogP contribution in [0.15, 0.2) is 30.9 Å². The largest absolute Gasteiger partial charge is 0.419 e. The van der Waals surface area contributed by atoms with Crippen LogP contribution in [-0.4, -0.2) is 6.54 Å². The molecule has 0 aliphatic rings. The molecule has 0 amide bonds. The third kappa shape index (κ3) is 4.35. The molecule has 0 saturated carbocycles. The monoisotopic (exact) mass is 275 g/mol. The van der Waals surface area contributed by atoms with Crippen molar-refractivity contribution in [1.82, 2.24) is 5.32 Å². The van der Waals surface area contributed by atoms with Crippen molar-refractivity contribution in [1.29, 1.82) is 0 Å². The number of halogens is 4. The summed E-state index contributed by atoms with van der Waals surface area (Å²) in [6.45, 7) is 6.09. The van der Waals surface area contributed by atoms with E-state index in [4.69, 9.17) is 0 Å². The highest BCUT2D eigenvalue weighted by Crippen LogP contribution is 2.33. The first-order valence-electron chi connectivity index (χ1n) is 6.11. The van der Waals surface area contributed by atoms with Gasteiger partial charge >= 0.3 is 6.18 Å². The molecule has 0 saturated heterocycles. The van der Waals surface area contributed by atoms with Crippen molar-refractivity contribution >= 4 is 0 Å². The average molecular weight is 275 g/mol. The van der Waals surface area contributed by atoms with Gasteiger partial charge in [-0.2, -0.15) is 13.2 Å². The minimum atomic E-state index is -4.67. The fraction of sp³-hybridized carbons (Fsp3) is 0.429. The summed E-state index contributed by atoms with van der Waals surface area (Å²) in [6, 6.07) is 2.91. The molecule has 19 heavy (non-hydrogen) atoms. The van der Waals surface area contributed by atoms with Gasteiger partial charge in [0.1, 0.15) is 5.82 Å². The van der Waals surface area contributed by atoms with Gasteiger partial charge in [-0.05, 0) is 37.1 Å². The van der Waals surface area contributed by atoms with Crippen molar-refractivity contribution in [3.8, 4) is 0 Å². The SMILES string of the molecule is C=CCCC(NCC)c1ccc(F)c(C(F)(F)F)c1. The first-order valence-corrected chi connectivity index (χ1v) is 6.11. The smallest absolute Gasteiger partial charge is 0.310 e. The highest BCUT2D eigenvalue weighted by atomic mass is 19.4. The first kappa shape index (κ1) is 15.7. The average Bonchev–Trinajstić information content (AvgIpc) is 2.34. The molecule has 1 N–H and O–H groups in total. The Morgan fingerprint density at radius 2 is 2.05 bits per heavy atom. The van der Waals surface area contributed by atoms with Crippen LogP contribution in [0, 0.1) is 5.82 Å². The minimum Gasteiger partial charge on any atom is -0.310 e. The number of nitrogens with one attached hydrogen (secondary N) is 1. The molecule has 1 nitrogen and oxygen atoms in total. The summed E-state index contributed by atoms with van der Waals surface area (Å²) in [5.41, 5.74) is -0.774. The Morgan fingerprint density at radius 1 is 1.37 bits per heavy atom. The molecular formula is C14H17F4N. The van der Waals surface area contributed by atoms with Crippen molar-refractivity contribution in [3.63, 3.8) is 0 Å². The summed E-state index contributed by atoms with van der Waals surface area (Å²) in [6.07, 6.45) is -1.66. The van der Waals surface area contributed by atoms with E-state index in [1.165, 1.54) is 6.07 Å². The maximum absolute atomic E-state index is 13.2. The predicted octanol–water partition coefficient (Wildman–Crippen LogP) is 4.46. The standard InChI is InChI=1S/C14H17F4N/c1-3-5-6-13(19-4-2)10-7-8-12(15)11(9-10)14(16,17)18/h3,7-9,13,19H,1,4-6H2,2H3. The second-order valence-electron chi connectivity index (χ2n) is 4.21. The molecule has 1 unspecified atom stereocenters. The summed E-state index contributed by atoms with van der Waals surface area (Å²) in [5, 5.41) is 3.09. The number of allylic oxidation sites excluding steroid dienone is 1. The zero-order valence-corrected chi connectivity index (χ0v) is 10.7. The molecule has 0 fully saturated rings. The molecule has 0 aliphatic heterocycles. The van der Waals surface area contributed by atoms with E-state index in [0.29, 0.717) is 24.9 Å². The van der Waals surface area contributed by atoms with Gasteiger partial charge in [-0.25, -0.2) is 4.39 Å². The van der Waals surface area contributed by atoms with Crippen molar-refractivity contribution in [3.05, 3.63) is 47.8 Å². The number of hydrogen-bond donors (Lipinski definition) is 1. The minimum absolute atomic E-state index is 0.232. The van der Waals surface area contributed by atoms with E-state index < -0.39 is 17.6 Å². The van der Waals surface area contributed by atoms with Gasteiger partial charge in [-0.3, -0.25) is 0 Å². The van der Waals surface area contributed by atoms with Crippen LogP contribution in [0.4, 0.5) is 17.6 Å². The Bertz CT molecular complexity index is 426. The molecule has 0 aromatic heterocycles. The summed E-state index contributed by atoms with van der Waals surface area (Å²) in [7, 11) is 0.